The van der Waals surface area contributed by atoms with E-state index in [1.807, 2.05) is 60.3 Å². The Morgan fingerprint density at radius 3 is 2.17 bits per heavy atom. The molecule has 0 aliphatic carbocycles. The Kier molecular flexibility index (Phi) is 19.3. The Balaban J connectivity index is 0.000000661. The van der Waals surface area contributed by atoms with Gasteiger partial charge in [0.25, 0.3) is 0 Å². The summed E-state index contributed by atoms with van der Waals surface area (Å²) >= 11 is 0. The van der Waals surface area contributed by atoms with Crippen LogP contribution in [-0.4, -0.2) is 44.8 Å². The van der Waals surface area contributed by atoms with E-state index in [4.69, 9.17) is 0 Å². The van der Waals surface area contributed by atoms with Crippen LogP contribution in [0.1, 0.15) is 86.8 Å². The largest absolute Gasteiger partial charge is 0.355 e. The molecule has 2 aromatic carbocycles. The summed E-state index contributed by atoms with van der Waals surface area (Å²) in [5.74, 6) is -1.32. The molecule has 1 fully saturated rings. The first-order chi connectivity index (χ1) is 19.8. The molecule has 0 bridgehead atoms. The summed E-state index contributed by atoms with van der Waals surface area (Å²) in [6.45, 7) is 19.5. The highest BCUT2D eigenvalue weighted by atomic mass is 19.2. The molecule has 1 aromatic heterocycles. The Morgan fingerprint density at radius 2 is 1.68 bits per heavy atom. The van der Waals surface area contributed by atoms with Crippen molar-refractivity contribution in [3.05, 3.63) is 72.1 Å². The minimum atomic E-state index is -0.862. The van der Waals surface area contributed by atoms with Crippen LogP contribution >= 0.6 is 0 Å². The van der Waals surface area contributed by atoms with Crippen molar-refractivity contribution in [1.82, 2.24) is 25.2 Å². The summed E-state index contributed by atoms with van der Waals surface area (Å²) in [6, 6.07) is 11.1. The molecule has 3 aromatic rings. The molecule has 7 nitrogen and oxygen atoms in total. The van der Waals surface area contributed by atoms with E-state index in [1.54, 1.807) is 41.3 Å². The predicted molar refractivity (Wildman–Crippen MR) is 163 cm³/mol. The molecule has 2 amide bonds. The number of halogens is 2. The summed E-state index contributed by atoms with van der Waals surface area (Å²) in [5, 5.41) is 10.3. The third-order valence-electron chi connectivity index (χ3n) is 6.05. The molecule has 4 rings (SSSR count). The third-order valence-corrected chi connectivity index (χ3v) is 6.05. The fraction of sp³-hybridized carbons (Fsp3) is 0.500. The van der Waals surface area contributed by atoms with Crippen LogP contribution in [0.3, 0.4) is 0 Å². The Bertz CT molecular complexity index is 1110. The van der Waals surface area contributed by atoms with Crippen molar-refractivity contribution >= 4 is 12.3 Å². The summed E-state index contributed by atoms with van der Waals surface area (Å²) in [6.07, 6.45) is 6.21. The number of rotatable bonds is 7. The van der Waals surface area contributed by atoms with Gasteiger partial charge in [-0.25, -0.2) is 13.5 Å². The van der Waals surface area contributed by atoms with Gasteiger partial charge in [-0.1, -0.05) is 97.0 Å². The topological polar surface area (TPSA) is 80.1 Å². The van der Waals surface area contributed by atoms with E-state index in [2.05, 4.69) is 22.6 Å². The number of carbonyl (C=O) groups excluding carboxylic acids is 2. The Morgan fingerprint density at radius 1 is 1.05 bits per heavy atom. The number of likely N-dealkylation sites (tertiary alicyclic amines) is 1. The molecule has 2 heterocycles. The highest BCUT2D eigenvalue weighted by Crippen LogP contribution is 2.26. The summed E-state index contributed by atoms with van der Waals surface area (Å²) in [5.41, 5.74) is 1.72. The van der Waals surface area contributed by atoms with E-state index in [0.717, 1.165) is 31.0 Å². The summed E-state index contributed by atoms with van der Waals surface area (Å²) in [4.78, 5) is 24.7. The number of nitrogens with zero attached hydrogens (tertiary/aromatic N) is 4. The lowest BCUT2D eigenvalue weighted by molar-refractivity contribution is -0.137. The van der Waals surface area contributed by atoms with Gasteiger partial charge < -0.3 is 10.2 Å². The first-order valence-electron chi connectivity index (χ1n) is 14.7. The smallest absolute Gasteiger partial charge is 0.248 e. The maximum atomic E-state index is 13.6. The van der Waals surface area contributed by atoms with Crippen molar-refractivity contribution in [1.29, 1.82) is 0 Å². The van der Waals surface area contributed by atoms with Crippen molar-refractivity contribution in [3.8, 4) is 11.1 Å². The van der Waals surface area contributed by atoms with Gasteiger partial charge in [0, 0.05) is 30.9 Å². The molecule has 1 aliphatic rings. The minimum absolute atomic E-state index is 0.176. The second kappa shape index (κ2) is 21.2. The van der Waals surface area contributed by atoms with Gasteiger partial charge >= 0.3 is 0 Å². The highest BCUT2D eigenvalue weighted by molar-refractivity contribution is 5.81. The van der Waals surface area contributed by atoms with Crippen LogP contribution in [0, 0.1) is 17.6 Å². The number of amides is 2. The molecule has 2 atom stereocenters. The fourth-order valence-corrected chi connectivity index (χ4v) is 4.19. The van der Waals surface area contributed by atoms with Gasteiger partial charge in [0.1, 0.15) is 6.04 Å². The van der Waals surface area contributed by atoms with Crippen LogP contribution in [0.2, 0.25) is 0 Å². The summed E-state index contributed by atoms with van der Waals surface area (Å²) in [7, 11) is 0. The minimum Gasteiger partial charge on any atom is -0.355 e. The standard InChI is InChI=1S/C14H11F2NO.C12H20N4O.3C2H6/c15-13-3-1-2-12(14(13)16)11-6-4-10(5-7-11)8-17-9-18;1-9(2)11(16-8-6-13-14-16)12(17)15-7-4-5-10(15)3;3*1-2/h1-7,9H,8H2,(H,17,18);6,8-11H,4-5,7H2,1-3H3;3*1-2H3. The average Bonchev–Trinajstić information content (AvgIpc) is 3.69. The van der Waals surface area contributed by atoms with E-state index < -0.39 is 11.6 Å². The number of hydrogen-bond donors (Lipinski definition) is 1. The quantitative estimate of drug-likeness (QED) is 0.298. The number of hydrogen-bond acceptors (Lipinski definition) is 4. The molecule has 2 unspecified atom stereocenters. The number of benzene rings is 2. The van der Waals surface area contributed by atoms with Gasteiger partial charge in [-0.15, -0.1) is 5.10 Å². The molecule has 41 heavy (non-hydrogen) atoms. The molecular weight excluding hydrogens is 524 g/mol. The van der Waals surface area contributed by atoms with Crippen LogP contribution in [0.15, 0.2) is 54.9 Å². The molecule has 1 aliphatic heterocycles. The van der Waals surface area contributed by atoms with Crippen molar-refractivity contribution < 1.29 is 18.4 Å². The van der Waals surface area contributed by atoms with E-state index in [9.17, 15) is 18.4 Å². The van der Waals surface area contributed by atoms with Gasteiger partial charge in [-0.2, -0.15) is 0 Å². The van der Waals surface area contributed by atoms with E-state index in [0.29, 0.717) is 24.6 Å². The van der Waals surface area contributed by atoms with E-state index >= 15 is 0 Å². The normalized spacial score (nSPS) is 14.0. The molecule has 0 radical (unpaired) electrons. The van der Waals surface area contributed by atoms with Crippen LogP contribution in [0.4, 0.5) is 8.78 Å². The number of nitrogens with one attached hydrogen (secondary N) is 1. The lowest BCUT2D eigenvalue weighted by Gasteiger charge is -2.28. The second-order valence-electron chi connectivity index (χ2n) is 8.89. The maximum absolute atomic E-state index is 13.6. The van der Waals surface area contributed by atoms with Gasteiger partial charge in [-0.3, -0.25) is 9.59 Å². The molecule has 228 valence electrons. The molecule has 0 spiro atoms. The first-order valence-corrected chi connectivity index (χ1v) is 14.7. The zero-order chi connectivity index (χ0) is 31.4. The molecule has 1 N–H and O–H groups in total. The molecule has 9 heteroatoms. The maximum Gasteiger partial charge on any atom is 0.248 e. The predicted octanol–water partition coefficient (Wildman–Crippen LogP) is 7.44. The SMILES string of the molecule is CC.CC.CC.CC(C)C(C(=O)N1CCCC1C)n1ccnn1.O=CNCc1ccc(-c2cccc(F)c2F)cc1. The third kappa shape index (κ3) is 11.4. The zero-order valence-corrected chi connectivity index (χ0v) is 26.2. The fourth-order valence-electron chi connectivity index (χ4n) is 4.19. The van der Waals surface area contributed by atoms with Crippen molar-refractivity contribution in [2.75, 3.05) is 6.54 Å². The van der Waals surface area contributed by atoms with Crippen LogP contribution < -0.4 is 5.32 Å². The van der Waals surface area contributed by atoms with Gasteiger partial charge in [0.15, 0.2) is 11.6 Å². The van der Waals surface area contributed by atoms with Gasteiger partial charge in [0.05, 0.1) is 6.20 Å². The molecular formula is C32H49F2N5O2. The zero-order valence-electron chi connectivity index (χ0n) is 26.2. The van der Waals surface area contributed by atoms with Crippen LogP contribution in [-0.2, 0) is 16.1 Å². The number of aromatic nitrogens is 3. The summed E-state index contributed by atoms with van der Waals surface area (Å²) < 4.78 is 28.3. The van der Waals surface area contributed by atoms with Crippen molar-refractivity contribution in [3.63, 3.8) is 0 Å². The molecule has 0 saturated carbocycles. The Hall–Kier alpha value is -3.62. The molecule has 1 saturated heterocycles. The van der Waals surface area contributed by atoms with E-state index in [1.165, 1.54) is 12.1 Å². The van der Waals surface area contributed by atoms with Gasteiger partial charge in [0.2, 0.25) is 12.3 Å². The van der Waals surface area contributed by atoms with Crippen LogP contribution in [0.25, 0.3) is 11.1 Å². The Labute approximate surface area is 245 Å². The average molecular weight is 574 g/mol. The van der Waals surface area contributed by atoms with Gasteiger partial charge in [-0.05, 0) is 42.9 Å². The second-order valence-corrected chi connectivity index (χ2v) is 8.89. The van der Waals surface area contributed by atoms with Crippen LogP contribution in [0.5, 0.6) is 0 Å². The monoisotopic (exact) mass is 573 g/mol. The number of carbonyl (C=O) groups is 2. The van der Waals surface area contributed by atoms with Crippen molar-refractivity contribution in [2.24, 2.45) is 5.92 Å². The lowest BCUT2D eigenvalue weighted by atomic mass is 10.0. The lowest BCUT2D eigenvalue weighted by Crippen LogP contribution is -2.41. The van der Waals surface area contributed by atoms with E-state index in [-0.39, 0.29) is 23.4 Å². The first kappa shape index (κ1) is 37.4. The van der Waals surface area contributed by atoms with Crippen molar-refractivity contribution in [2.45, 2.75) is 93.8 Å². The highest BCUT2D eigenvalue weighted by Gasteiger charge is 2.33.